The summed E-state index contributed by atoms with van der Waals surface area (Å²) in [6.07, 6.45) is 3.72. The Labute approximate surface area is 127 Å². The molecule has 18 heavy (non-hydrogen) atoms. The lowest BCUT2D eigenvalue weighted by molar-refractivity contribution is 0.314. The third kappa shape index (κ3) is 5.79. The van der Waals surface area contributed by atoms with E-state index in [9.17, 15) is 0 Å². The summed E-state index contributed by atoms with van der Waals surface area (Å²) in [4.78, 5) is 0. The fourth-order valence-corrected chi connectivity index (χ4v) is 2.32. The molecule has 1 N–H and O–H groups in total. The predicted octanol–water partition coefficient (Wildman–Crippen LogP) is 4.91. The van der Waals surface area contributed by atoms with Gasteiger partial charge in [-0.1, -0.05) is 43.0 Å². The summed E-state index contributed by atoms with van der Waals surface area (Å²) in [6, 6.07) is 3.47. The molecule has 0 amide bonds. The van der Waals surface area contributed by atoms with Crippen molar-refractivity contribution in [3.05, 3.63) is 26.7 Å². The van der Waals surface area contributed by atoms with Crippen molar-refractivity contribution in [2.75, 3.05) is 19.7 Å². The van der Waals surface area contributed by atoms with Crippen LogP contribution in [0.2, 0.25) is 10.0 Å². The molecule has 0 aliphatic carbocycles. The molecule has 0 saturated carbocycles. The van der Waals surface area contributed by atoms with E-state index < -0.39 is 0 Å². The molecule has 1 aromatic carbocycles. The summed E-state index contributed by atoms with van der Waals surface area (Å²) in [5.74, 6) is 0.625. The second kappa shape index (κ2) is 9.03. The molecule has 0 aromatic heterocycles. The highest BCUT2D eigenvalue weighted by Crippen LogP contribution is 2.33. The monoisotopic (exact) mass is 353 g/mol. The number of ether oxygens (including phenoxy) is 1. The first-order chi connectivity index (χ1) is 8.65. The lowest BCUT2D eigenvalue weighted by atomic mass is 10.2. The fraction of sp³-hybridized carbons (Fsp3) is 0.538. The second-order valence-corrected chi connectivity index (χ2v) is 5.67. The van der Waals surface area contributed by atoms with Crippen molar-refractivity contribution in [2.24, 2.45) is 0 Å². The quantitative estimate of drug-likeness (QED) is 0.528. The molecular formula is C13H18BrCl2NO. The van der Waals surface area contributed by atoms with E-state index in [1.807, 2.05) is 0 Å². The molecule has 1 rings (SSSR count). The minimum atomic E-state index is 0.567. The largest absolute Gasteiger partial charge is 0.491 e. The SMILES string of the molecule is CCCCCNCCOc1cc(Cl)c(Br)cc1Cl. The smallest absolute Gasteiger partial charge is 0.139 e. The van der Waals surface area contributed by atoms with Crippen LogP contribution in [0.3, 0.4) is 0 Å². The molecule has 0 aliphatic heterocycles. The zero-order valence-corrected chi connectivity index (χ0v) is 13.5. The van der Waals surface area contributed by atoms with Crippen LogP contribution in [0.4, 0.5) is 0 Å². The van der Waals surface area contributed by atoms with E-state index >= 15 is 0 Å². The third-order valence-corrected chi connectivity index (χ3v) is 3.96. The van der Waals surface area contributed by atoms with E-state index in [2.05, 4.69) is 28.2 Å². The van der Waals surface area contributed by atoms with Gasteiger partial charge in [0, 0.05) is 17.1 Å². The van der Waals surface area contributed by atoms with Crippen molar-refractivity contribution >= 4 is 39.1 Å². The van der Waals surface area contributed by atoms with Crippen molar-refractivity contribution in [3.63, 3.8) is 0 Å². The summed E-state index contributed by atoms with van der Waals surface area (Å²) in [5, 5.41) is 4.49. The Morgan fingerprint density at radius 3 is 2.67 bits per heavy atom. The summed E-state index contributed by atoms with van der Waals surface area (Å²) in [7, 11) is 0. The number of hydrogen-bond acceptors (Lipinski definition) is 2. The number of halogens is 3. The number of unbranched alkanes of at least 4 members (excludes halogenated alkanes) is 2. The highest BCUT2D eigenvalue weighted by molar-refractivity contribution is 9.10. The van der Waals surface area contributed by atoms with E-state index in [1.54, 1.807) is 12.1 Å². The van der Waals surface area contributed by atoms with E-state index in [1.165, 1.54) is 19.3 Å². The minimum Gasteiger partial charge on any atom is -0.491 e. The van der Waals surface area contributed by atoms with Crippen molar-refractivity contribution in [2.45, 2.75) is 26.2 Å². The van der Waals surface area contributed by atoms with E-state index in [-0.39, 0.29) is 0 Å². The molecule has 0 bridgehead atoms. The molecule has 0 radical (unpaired) electrons. The van der Waals surface area contributed by atoms with Gasteiger partial charge in [-0.15, -0.1) is 0 Å². The molecule has 0 heterocycles. The lowest BCUT2D eigenvalue weighted by Gasteiger charge is -2.10. The van der Waals surface area contributed by atoms with Gasteiger partial charge in [-0.05, 0) is 35.0 Å². The van der Waals surface area contributed by atoms with Gasteiger partial charge >= 0.3 is 0 Å². The lowest BCUT2D eigenvalue weighted by Crippen LogP contribution is -2.22. The third-order valence-electron chi connectivity index (χ3n) is 2.47. The van der Waals surface area contributed by atoms with Crippen molar-refractivity contribution in [1.82, 2.24) is 5.32 Å². The zero-order chi connectivity index (χ0) is 13.4. The molecule has 0 unspecified atom stereocenters. The number of nitrogens with one attached hydrogen (secondary N) is 1. The summed E-state index contributed by atoms with van der Waals surface area (Å²) < 4.78 is 6.36. The number of benzene rings is 1. The Kier molecular flexibility index (Phi) is 8.07. The highest BCUT2D eigenvalue weighted by Gasteiger charge is 2.06. The Bertz CT molecular complexity index is 374. The molecule has 1 aromatic rings. The summed E-state index contributed by atoms with van der Waals surface area (Å²) >= 11 is 15.3. The van der Waals surface area contributed by atoms with Gasteiger partial charge in [-0.3, -0.25) is 0 Å². The first-order valence-electron chi connectivity index (χ1n) is 6.13. The molecule has 0 aliphatic rings. The molecule has 0 spiro atoms. The predicted molar refractivity (Wildman–Crippen MR) is 82.1 cm³/mol. The average molecular weight is 355 g/mol. The maximum atomic E-state index is 6.05. The summed E-state index contributed by atoms with van der Waals surface area (Å²) in [5.41, 5.74) is 0. The van der Waals surface area contributed by atoms with E-state index in [4.69, 9.17) is 27.9 Å². The minimum absolute atomic E-state index is 0.567. The average Bonchev–Trinajstić information content (AvgIpc) is 2.34. The van der Waals surface area contributed by atoms with Gasteiger partial charge in [0.05, 0.1) is 10.0 Å². The number of hydrogen-bond donors (Lipinski definition) is 1. The fourth-order valence-electron chi connectivity index (χ4n) is 1.47. The molecule has 102 valence electrons. The molecule has 5 heteroatoms. The molecule has 0 atom stereocenters. The summed E-state index contributed by atoms with van der Waals surface area (Å²) in [6.45, 7) is 4.63. The van der Waals surface area contributed by atoms with Gasteiger partial charge in [0.1, 0.15) is 12.4 Å². The van der Waals surface area contributed by atoms with Crippen LogP contribution in [0.25, 0.3) is 0 Å². The molecule has 0 fully saturated rings. The van der Waals surface area contributed by atoms with Gasteiger partial charge in [0.25, 0.3) is 0 Å². The maximum Gasteiger partial charge on any atom is 0.139 e. The van der Waals surface area contributed by atoms with Gasteiger partial charge in [-0.25, -0.2) is 0 Å². The van der Waals surface area contributed by atoms with Gasteiger partial charge in [0.2, 0.25) is 0 Å². The maximum absolute atomic E-state index is 6.05. The Balaban J connectivity index is 2.25. The van der Waals surface area contributed by atoms with Crippen LogP contribution < -0.4 is 10.1 Å². The van der Waals surface area contributed by atoms with Gasteiger partial charge in [0.15, 0.2) is 0 Å². The zero-order valence-electron chi connectivity index (χ0n) is 10.4. The van der Waals surface area contributed by atoms with Crippen molar-refractivity contribution in [1.29, 1.82) is 0 Å². The molecule has 2 nitrogen and oxygen atoms in total. The Morgan fingerprint density at radius 1 is 1.17 bits per heavy atom. The van der Waals surface area contributed by atoms with Crippen LogP contribution >= 0.6 is 39.1 Å². The van der Waals surface area contributed by atoms with Crippen LogP contribution in [0.5, 0.6) is 5.75 Å². The second-order valence-electron chi connectivity index (χ2n) is 4.00. The van der Waals surface area contributed by atoms with Crippen molar-refractivity contribution in [3.8, 4) is 5.75 Å². The van der Waals surface area contributed by atoms with Crippen LogP contribution in [0.15, 0.2) is 16.6 Å². The Morgan fingerprint density at radius 2 is 1.94 bits per heavy atom. The topological polar surface area (TPSA) is 21.3 Å². The van der Waals surface area contributed by atoms with Gasteiger partial charge < -0.3 is 10.1 Å². The van der Waals surface area contributed by atoms with Crippen LogP contribution in [-0.4, -0.2) is 19.7 Å². The first-order valence-corrected chi connectivity index (χ1v) is 7.68. The standard InChI is InChI=1S/C13H18BrCl2NO/c1-2-3-4-5-17-6-7-18-13-9-11(15)10(14)8-12(13)16/h8-9,17H,2-7H2,1H3. The van der Waals surface area contributed by atoms with E-state index in [0.717, 1.165) is 17.6 Å². The van der Waals surface area contributed by atoms with Crippen molar-refractivity contribution < 1.29 is 4.74 Å². The Hall–Kier alpha value is 0.0400. The molecule has 0 saturated heterocycles. The van der Waals surface area contributed by atoms with Crippen LogP contribution in [0.1, 0.15) is 26.2 Å². The van der Waals surface area contributed by atoms with E-state index in [0.29, 0.717) is 22.4 Å². The van der Waals surface area contributed by atoms with Crippen LogP contribution in [-0.2, 0) is 0 Å². The number of rotatable bonds is 8. The normalized spacial score (nSPS) is 10.7. The van der Waals surface area contributed by atoms with Crippen LogP contribution in [0, 0.1) is 0 Å². The first kappa shape index (κ1) is 16.1. The highest BCUT2D eigenvalue weighted by atomic mass is 79.9. The van der Waals surface area contributed by atoms with Gasteiger partial charge in [-0.2, -0.15) is 0 Å². The molecular weight excluding hydrogens is 337 g/mol.